The average molecular weight is 232 g/mol. The number of rotatable bonds is 2. The maximum Gasteiger partial charge on any atom is 0.336 e. The van der Waals surface area contributed by atoms with Gasteiger partial charge in [0.2, 0.25) is 0 Å². The van der Waals surface area contributed by atoms with Crippen LogP contribution in [0.5, 0.6) is 5.75 Å². The molecule has 0 amide bonds. The van der Waals surface area contributed by atoms with Crippen molar-refractivity contribution in [2.75, 3.05) is 0 Å². The fourth-order valence-electron chi connectivity index (χ4n) is 1.62. The Balaban J connectivity index is 2.63. The molecule has 0 aliphatic rings. The molecule has 0 unspecified atom stereocenters. The molecule has 0 bridgehead atoms. The van der Waals surface area contributed by atoms with Crippen molar-refractivity contribution in [2.45, 2.75) is 0 Å². The maximum atomic E-state index is 13.1. The lowest BCUT2D eigenvalue weighted by Crippen LogP contribution is -1.99. The van der Waals surface area contributed by atoms with E-state index < -0.39 is 11.8 Å². The molecule has 2 aromatic rings. The molecule has 0 heterocycles. The van der Waals surface area contributed by atoms with Crippen LogP contribution in [0.1, 0.15) is 10.4 Å². The number of carboxylic acid groups (broad SMARTS) is 1. The minimum atomic E-state index is -1.17. The number of hydrogen-bond donors (Lipinski definition) is 2. The number of phenolic OH excluding ortho intramolecular Hbond substituents is 1. The second kappa shape index (κ2) is 4.25. The third-order valence-electron chi connectivity index (χ3n) is 2.37. The predicted octanol–water partition coefficient (Wildman–Crippen LogP) is 2.90. The Kier molecular flexibility index (Phi) is 2.78. The molecule has 0 aromatic heterocycles. The number of benzene rings is 2. The molecular weight excluding hydrogens is 223 g/mol. The zero-order valence-corrected chi connectivity index (χ0v) is 8.72. The van der Waals surface area contributed by atoms with Crippen LogP contribution in [0, 0.1) is 5.82 Å². The summed E-state index contributed by atoms with van der Waals surface area (Å²) in [4.78, 5) is 11.0. The topological polar surface area (TPSA) is 57.5 Å². The molecule has 86 valence electrons. The van der Waals surface area contributed by atoms with Crippen LogP contribution >= 0.6 is 0 Å². The Morgan fingerprint density at radius 1 is 1.12 bits per heavy atom. The second-order valence-corrected chi connectivity index (χ2v) is 3.55. The minimum absolute atomic E-state index is 0.0596. The highest BCUT2D eigenvalue weighted by molar-refractivity contribution is 5.96. The number of phenols is 1. The van der Waals surface area contributed by atoms with Crippen LogP contribution in [0.25, 0.3) is 11.1 Å². The number of carboxylic acids is 1. The van der Waals surface area contributed by atoms with E-state index in [2.05, 4.69) is 0 Å². The fraction of sp³-hybridized carbons (Fsp3) is 0. The molecule has 0 fully saturated rings. The van der Waals surface area contributed by atoms with E-state index in [-0.39, 0.29) is 11.3 Å². The fourth-order valence-corrected chi connectivity index (χ4v) is 1.62. The average Bonchev–Trinajstić information content (AvgIpc) is 2.28. The molecule has 0 atom stereocenters. The second-order valence-electron chi connectivity index (χ2n) is 3.55. The van der Waals surface area contributed by atoms with Crippen molar-refractivity contribution >= 4 is 5.97 Å². The molecule has 4 heteroatoms. The van der Waals surface area contributed by atoms with Gasteiger partial charge in [0.25, 0.3) is 0 Å². The Labute approximate surface area is 96.8 Å². The highest BCUT2D eigenvalue weighted by Gasteiger charge is 2.12. The lowest BCUT2D eigenvalue weighted by atomic mass is 9.99. The van der Waals surface area contributed by atoms with E-state index in [0.717, 1.165) is 6.07 Å². The normalized spacial score (nSPS) is 10.2. The molecule has 0 saturated carbocycles. The van der Waals surface area contributed by atoms with Gasteiger partial charge in [-0.05, 0) is 41.5 Å². The lowest BCUT2D eigenvalue weighted by Gasteiger charge is -2.06. The first-order valence-corrected chi connectivity index (χ1v) is 4.90. The van der Waals surface area contributed by atoms with Gasteiger partial charge < -0.3 is 10.2 Å². The highest BCUT2D eigenvalue weighted by Crippen LogP contribution is 2.27. The SMILES string of the molecule is O=C(O)c1cc(O)ccc1-c1cccc(F)c1. The summed E-state index contributed by atoms with van der Waals surface area (Å²) in [6, 6.07) is 9.61. The van der Waals surface area contributed by atoms with E-state index in [1.165, 1.54) is 30.3 Å². The van der Waals surface area contributed by atoms with Gasteiger partial charge in [0, 0.05) is 0 Å². The Bertz CT molecular complexity index is 579. The van der Waals surface area contributed by atoms with Crippen molar-refractivity contribution in [1.82, 2.24) is 0 Å². The van der Waals surface area contributed by atoms with E-state index in [1.54, 1.807) is 6.07 Å². The summed E-state index contributed by atoms with van der Waals surface area (Å²) in [5.41, 5.74) is 0.771. The van der Waals surface area contributed by atoms with Gasteiger partial charge in [-0.3, -0.25) is 0 Å². The number of carbonyl (C=O) groups is 1. The van der Waals surface area contributed by atoms with Gasteiger partial charge in [-0.15, -0.1) is 0 Å². The number of halogens is 1. The van der Waals surface area contributed by atoms with E-state index in [4.69, 9.17) is 5.11 Å². The van der Waals surface area contributed by atoms with Gasteiger partial charge in [-0.1, -0.05) is 12.1 Å². The summed E-state index contributed by atoms with van der Waals surface area (Å²) < 4.78 is 13.1. The summed E-state index contributed by atoms with van der Waals surface area (Å²) in [5, 5.41) is 18.3. The number of hydrogen-bond acceptors (Lipinski definition) is 2. The van der Waals surface area contributed by atoms with Crippen LogP contribution in [-0.4, -0.2) is 16.2 Å². The summed E-state index contributed by atoms with van der Waals surface area (Å²) in [6.07, 6.45) is 0. The Morgan fingerprint density at radius 2 is 1.88 bits per heavy atom. The molecule has 2 N–H and O–H groups in total. The van der Waals surface area contributed by atoms with Crippen LogP contribution in [0.4, 0.5) is 4.39 Å². The first-order valence-electron chi connectivity index (χ1n) is 4.90. The minimum Gasteiger partial charge on any atom is -0.508 e. The quantitative estimate of drug-likeness (QED) is 0.836. The number of aromatic hydroxyl groups is 1. The van der Waals surface area contributed by atoms with E-state index in [9.17, 15) is 14.3 Å². The maximum absolute atomic E-state index is 13.1. The van der Waals surface area contributed by atoms with E-state index in [0.29, 0.717) is 11.1 Å². The zero-order chi connectivity index (χ0) is 12.4. The molecule has 0 aliphatic carbocycles. The summed E-state index contributed by atoms with van der Waals surface area (Å²) >= 11 is 0. The summed E-state index contributed by atoms with van der Waals surface area (Å²) in [5.74, 6) is -1.74. The molecule has 3 nitrogen and oxygen atoms in total. The first-order chi connectivity index (χ1) is 8.08. The molecule has 0 spiro atoms. The van der Waals surface area contributed by atoms with Crippen molar-refractivity contribution in [3.8, 4) is 16.9 Å². The standard InChI is InChI=1S/C13H9FO3/c14-9-3-1-2-8(6-9)11-5-4-10(15)7-12(11)13(16)17/h1-7,15H,(H,16,17). The smallest absolute Gasteiger partial charge is 0.336 e. The van der Waals surface area contributed by atoms with Crippen LogP contribution in [-0.2, 0) is 0 Å². The molecule has 0 saturated heterocycles. The van der Waals surface area contributed by atoms with Gasteiger partial charge in [0.15, 0.2) is 0 Å². The third kappa shape index (κ3) is 2.25. The van der Waals surface area contributed by atoms with Crippen molar-refractivity contribution < 1.29 is 19.4 Å². The molecule has 2 rings (SSSR count). The third-order valence-corrected chi connectivity index (χ3v) is 2.37. The van der Waals surface area contributed by atoms with E-state index >= 15 is 0 Å². The summed E-state index contributed by atoms with van der Waals surface area (Å²) in [6.45, 7) is 0. The van der Waals surface area contributed by atoms with Gasteiger partial charge in [-0.25, -0.2) is 9.18 Å². The molecule has 2 aromatic carbocycles. The summed E-state index contributed by atoms with van der Waals surface area (Å²) in [7, 11) is 0. The molecule has 0 aliphatic heterocycles. The van der Waals surface area contributed by atoms with Crippen LogP contribution in [0.3, 0.4) is 0 Å². The van der Waals surface area contributed by atoms with Gasteiger partial charge in [-0.2, -0.15) is 0 Å². The monoisotopic (exact) mass is 232 g/mol. The highest BCUT2D eigenvalue weighted by atomic mass is 19.1. The zero-order valence-electron chi connectivity index (χ0n) is 8.72. The van der Waals surface area contributed by atoms with Crippen molar-refractivity contribution in [3.63, 3.8) is 0 Å². The first kappa shape index (κ1) is 11.1. The molecule has 0 radical (unpaired) electrons. The largest absolute Gasteiger partial charge is 0.508 e. The molecule has 17 heavy (non-hydrogen) atoms. The van der Waals surface area contributed by atoms with E-state index in [1.807, 2.05) is 0 Å². The molecular formula is C13H9FO3. The van der Waals surface area contributed by atoms with Crippen molar-refractivity contribution in [1.29, 1.82) is 0 Å². The van der Waals surface area contributed by atoms with Crippen molar-refractivity contribution in [3.05, 3.63) is 53.8 Å². The van der Waals surface area contributed by atoms with Crippen LogP contribution < -0.4 is 0 Å². The van der Waals surface area contributed by atoms with Gasteiger partial charge in [0.1, 0.15) is 11.6 Å². The van der Waals surface area contributed by atoms with Crippen LogP contribution in [0.15, 0.2) is 42.5 Å². The Morgan fingerprint density at radius 3 is 2.53 bits per heavy atom. The van der Waals surface area contributed by atoms with Gasteiger partial charge in [0.05, 0.1) is 5.56 Å². The van der Waals surface area contributed by atoms with Crippen LogP contribution in [0.2, 0.25) is 0 Å². The van der Waals surface area contributed by atoms with Crippen molar-refractivity contribution in [2.24, 2.45) is 0 Å². The lowest BCUT2D eigenvalue weighted by molar-refractivity contribution is 0.0697. The van der Waals surface area contributed by atoms with Gasteiger partial charge >= 0.3 is 5.97 Å². The number of aromatic carboxylic acids is 1. The Hall–Kier alpha value is -2.36. The predicted molar refractivity (Wildman–Crippen MR) is 60.5 cm³/mol.